The van der Waals surface area contributed by atoms with E-state index in [1.54, 1.807) is 7.11 Å². The van der Waals surface area contributed by atoms with Gasteiger partial charge in [-0.25, -0.2) is 4.98 Å². The lowest BCUT2D eigenvalue weighted by molar-refractivity contribution is 0.238. The zero-order chi connectivity index (χ0) is 23.9. The second kappa shape index (κ2) is 11.3. The Morgan fingerprint density at radius 3 is 2.43 bits per heavy atom. The standard InChI is InChI=1S/C29H34N4O2/c1-34-29-11-5-4-10-28(29)32-19-17-31(18-20-32)16-6-7-21-35-25-14-12-24(13-15-25)22-33-23-30-26-8-2-3-9-27(26)33/h2-5,8-15,23H,6-7,16-22H2,1H3. The van der Waals surface area contributed by atoms with Crippen LogP contribution < -0.4 is 14.4 Å². The molecular formula is C29H34N4O2. The van der Waals surface area contributed by atoms with Crippen LogP contribution in [0.5, 0.6) is 11.5 Å². The molecule has 35 heavy (non-hydrogen) atoms. The molecule has 1 fully saturated rings. The molecule has 0 aliphatic carbocycles. The van der Waals surface area contributed by atoms with E-state index in [1.807, 2.05) is 30.6 Å². The highest BCUT2D eigenvalue weighted by atomic mass is 16.5. The Morgan fingerprint density at radius 1 is 0.829 bits per heavy atom. The molecule has 3 aromatic carbocycles. The summed E-state index contributed by atoms with van der Waals surface area (Å²) in [6, 6.07) is 25.0. The van der Waals surface area contributed by atoms with Crippen molar-refractivity contribution in [2.75, 3.05) is 51.3 Å². The maximum Gasteiger partial charge on any atom is 0.142 e. The Kier molecular flexibility index (Phi) is 7.49. The first kappa shape index (κ1) is 23.2. The normalized spacial score (nSPS) is 14.4. The number of methoxy groups -OCH3 is 1. The molecule has 0 atom stereocenters. The summed E-state index contributed by atoms with van der Waals surface area (Å²) in [7, 11) is 1.74. The zero-order valence-corrected chi connectivity index (χ0v) is 20.5. The van der Waals surface area contributed by atoms with Gasteiger partial charge in [0.05, 0.1) is 36.8 Å². The fourth-order valence-corrected chi connectivity index (χ4v) is 4.75. The molecule has 0 spiro atoms. The third-order valence-electron chi connectivity index (χ3n) is 6.74. The van der Waals surface area contributed by atoms with Gasteiger partial charge >= 0.3 is 0 Å². The number of nitrogens with zero attached hydrogens (tertiary/aromatic N) is 4. The van der Waals surface area contributed by atoms with E-state index in [0.29, 0.717) is 0 Å². The quantitative estimate of drug-likeness (QED) is 0.303. The zero-order valence-electron chi connectivity index (χ0n) is 20.5. The molecule has 0 unspecified atom stereocenters. The molecule has 5 rings (SSSR count). The van der Waals surface area contributed by atoms with Crippen LogP contribution in [0.25, 0.3) is 11.0 Å². The summed E-state index contributed by atoms with van der Waals surface area (Å²) in [4.78, 5) is 9.46. The first-order valence-corrected chi connectivity index (χ1v) is 12.5. The van der Waals surface area contributed by atoms with Crippen LogP contribution in [0.15, 0.2) is 79.1 Å². The van der Waals surface area contributed by atoms with Gasteiger partial charge in [0.25, 0.3) is 0 Å². The number of unbranched alkanes of at least 4 members (excludes halogenated alkanes) is 1. The maximum atomic E-state index is 6.00. The summed E-state index contributed by atoms with van der Waals surface area (Å²) in [5, 5.41) is 0. The van der Waals surface area contributed by atoms with Crippen LogP contribution in [0.3, 0.4) is 0 Å². The average Bonchev–Trinajstić information content (AvgIpc) is 3.32. The predicted molar refractivity (Wildman–Crippen MR) is 142 cm³/mol. The van der Waals surface area contributed by atoms with Gasteiger partial charge in [-0.2, -0.15) is 0 Å². The molecule has 0 N–H and O–H groups in total. The molecule has 0 radical (unpaired) electrons. The molecule has 0 saturated carbocycles. The minimum absolute atomic E-state index is 0.757. The molecule has 182 valence electrons. The number of aromatic nitrogens is 2. The number of imidazole rings is 1. The monoisotopic (exact) mass is 470 g/mol. The minimum Gasteiger partial charge on any atom is -0.495 e. The largest absolute Gasteiger partial charge is 0.495 e. The third kappa shape index (κ3) is 5.77. The van der Waals surface area contributed by atoms with Crippen LogP contribution in [-0.4, -0.2) is 60.9 Å². The highest BCUT2D eigenvalue weighted by Gasteiger charge is 2.19. The van der Waals surface area contributed by atoms with Crippen molar-refractivity contribution in [1.82, 2.24) is 14.5 Å². The van der Waals surface area contributed by atoms with Crippen molar-refractivity contribution in [2.45, 2.75) is 19.4 Å². The van der Waals surface area contributed by atoms with Gasteiger partial charge in [0.2, 0.25) is 0 Å². The van der Waals surface area contributed by atoms with Crippen LogP contribution >= 0.6 is 0 Å². The van der Waals surface area contributed by atoms with Crippen molar-refractivity contribution >= 4 is 16.7 Å². The molecule has 1 saturated heterocycles. The second-order valence-corrected chi connectivity index (χ2v) is 9.06. The number of benzene rings is 3. The van der Waals surface area contributed by atoms with Crippen molar-refractivity contribution in [3.63, 3.8) is 0 Å². The molecule has 6 nitrogen and oxygen atoms in total. The summed E-state index contributed by atoms with van der Waals surface area (Å²) in [6.45, 7) is 6.95. The summed E-state index contributed by atoms with van der Waals surface area (Å²) >= 11 is 0. The van der Waals surface area contributed by atoms with Crippen molar-refractivity contribution < 1.29 is 9.47 Å². The molecule has 1 aliphatic heterocycles. The number of anilines is 1. The Hall–Kier alpha value is -3.51. The Bertz CT molecular complexity index is 1210. The van der Waals surface area contributed by atoms with E-state index in [4.69, 9.17) is 9.47 Å². The fraction of sp³-hybridized carbons (Fsp3) is 0.345. The van der Waals surface area contributed by atoms with Gasteiger partial charge in [-0.3, -0.25) is 4.90 Å². The van der Waals surface area contributed by atoms with E-state index in [0.717, 1.165) is 81.2 Å². The fourth-order valence-electron chi connectivity index (χ4n) is 4.75. The van der Waals surface area contributed by atoms with Gasteiger partial charge in [0, 0.05) is 32.7 Å². The van der Waals surface area contributed by atoms with Gasteiger partial charge in [0.1, 0.15) is 11.5 Å². The lowest BCUT2D eigenvalue weighted by Gasteiger charge is -2.36. The lowest BCUT2D eigenvalue weighted by Crippen LogP contribution is -2.46. The Labute approximate surface area is 207 Å². The van der Waals surface area contributed by atoms with Crippen LogP contribution in [0.2, 0.25) is 0 Å². The summed E-state index contributed by atoms with van der Waals surface area (Å²) < 4.78 is 13.7. The SMILES string of the molecule is COc1ccccc1N1CCN(CCCCOc2ccc(Cn3cnc4ccccc43)cc2)CC1. The summed E-state index contributed by atoms with van der Waals surface area (Å²) in [6.07, 6.45) is 4.13. The van der Waals surface area contributed by atoms with Gasteiger partial charge in [-0.1, -0.05) is 36.4 Å². The summed E-state index contributed by atoms with van der Waals surface area (Å²) in [5.74, 6) is 1.90. The number of ether oxygens (including phenoxy) is 2. The Balaban J connectivity index is 1.00. The molecule has 0 bridgehead atoms. The Morgan fingerprint density at radius 2 is 1.60 bits per heavy atom. The van der Waals surface area contributed by atoms with Crippen molar-refractivity contribution in [1.29, 1.82) is 0 Å². The summed E-state index contributed by atoms with van der Waals surface area (Å²) in [5.41, 5.74) is 4.64. The van der Waals surface area contributed by atoms with E-state index in [2.05, 4.69) is 67.9 Å². The minimum atomic E-state index is 0.757. The highest BCUT2D eigenvalue weighted by Crippen LogP contribution is 2.28. The van der Waals surface area contributed by atoms with Gasteiger partial charge in [0.15, 0.2) is 0 Å². The average molecular weight is 471 g/mol. The van der Waals surface area contributed by atoms with Crippen molar-refractivity contribution in [3.05, 3.63) is 84.7 Å². The third-order valence-corrected chi connectivity index (χ3v) is 6.74. The lowest BCUT2D eigenvalue weighted by atomic mass is 10.2. The van der Waals surface area contributed by atoms with Crippen LogP contribution in [0, 0.1) is 0 Å². The van der Waals surface area contributed by atoms with Gasteiger partial charge < -0.3 is 18.9 Å². The number of hydrogen-bond donors (Lipinski definition) is 0. The smallest absolute Gasteiger partial charge is 0.142 e. The van der Waals surface area contributed by atoms with E-state index in [1.165, 1.54) is 11.3 Å². The molecule has 1 aliphatic rings. The number of fused-ring (bicyclic) bond motifs is 1. The van der Waals surface area contributed by atoms with E-state index in [-0.39, 0.29) is 0 Å². The topological polar surface area (TPSA) is 42.8 Å². The number of hydrogen-bond acceptors (Lipinski definition) is 5. The predicted octanol–water partition coefficient (Wildman–Crippen LogP) is 5.07. The first-order valence-electron chi connectivity index (χ1n) is 12.5. The van der Waals surface area contributed by atoms with E-state index >= 15 is 0 Å². The molecule has 4 aromatic rings. The highest BCUT2D eigenvalue weighted by molar-refractivity contribution is 5.75. The van der Waals surface area contributed by atoms with Crippen LogP contribution in [0.1, 0.15) is 18.4 Å². The first-order chi connectivity index (χ1) is 17.3. The van der Waals surface area contributed by atoms with Crippen LogP contribution in [0.4, 0.5) is 5.69 Å². The molecular weight excluding hydrogens is 436 g/mol. The van der Waals surface area contributed by atoms with E-state index < -0.39 is 0 Å². The van der Waals surface area contributed by atoms with Crippen molar-refractivity contribution in [2.24, 2.45) is 0 Å². The van der Waals surface area contributed by atoms with Gasteiger partial charge in [-0.05, 0) is 61.3 Å². The molecule has 6 heteroatoms. The van der Waals surface area contributed by atoms with Crippen LogP contribution in [-0.2, 0) is 6.54 Å². The molecule has 0 amide bonds. The second-order valence-electron chi connectivity index (χ2n) is 9.06. The van der Waals surface area contributed by atoms with Gasteiger partial charge in [-0.15, -0.1) is 0 Å². The van der Waals surface area contributed by atoms with E-state index in [9.17, 15) is 0 Å². The molecule has 2 heterocycles. The maximum absolute atomic E-state index is 6.00. The number of para-hydroxylation sites is 4. The number of rotatable bonds is 10. The number of piperazine rings is 1. The van der Waals surface area contributed by atoms with Crippen molar-refractivity contribution in [3.8, 4) is 11.5 Å². The molecule has 1 aromatic heterocycles.